The molecule has 2 rings (SSSR count). The predicted molar refractivity (Wildman–Crippen MR) is 97.3 cm³/mol. The highest BCUT2D eigenvalue weighted by molar-refractivity contribution is 5.58. The van der Waals surface area contributed by atoms with Crippen LogP contribution in [0.2, 0.25) is 0 Å². The highest BCUT2D eigenvalue weighted by Gasteiger charge is 2.12. The lowest BCUT2D eigenvalue weighted by molar-refractivity contribution is 0.854. The number of rotatable bonds is 5. The molecular weight excluding hydrogens is 268 g/mol. The molecule has 0 aliphatic carbocycles. The second kappa shape index (κ2) is 6.87. The molecule has 4 N–H and O–H groups in total. The lowest BCUT2D eigenvalue weighted by atomic mass is 9.91. The third-order valence-corrected chi connectivity index (χ3v) is 4.19. The van der Waals surface area contributed by atoms with Gasteiger partial charge >= 0.3 is 0 Å². The molecule has 118 valence electrons. The standard InChI is InChI=1S/C20H28N2/c1-5-6-16-10-15(12-18(13(2)3)20(16)22)11-17-9-14(4)7-8-19(17)21/h7-10,12-13H,5-6,11,21-22H2,1-4H3. The van der Waals surface area contributed by atoms with Crippen LogP contribution in [0.4, 0.5) is 11.4 Å². The van der Waals surface area contributed by atoms with E-state index in [-0.39, 0.29) is 0 Å². The molecule has 22 heavy (non-hydrogen) atoms. The van der Waals surface area contributed by atoms with Gasteiger partial charge in [-0.05, 0) is 54.0 Å². The summed E-state index contributed by atoms with van der Waals surface area (Å²) in [5, 5.41) is 0. The zero-order chi connectivity index (χ0) is 16.3. The van der Waals surface area contributed by atoms with Crippen LogP contribution in [0.3, 0.4) is 0 Å². The van der Waals surface area contributed by atoms with Crippen molar-refractivity contribution < 1.29 is 0 Å². The molecule has 0 amide bonds. The minimum Gasteiger partial charge on any atom is -0.398 e. The van der Waals surface area contributed by atoms with Crippen molar-refractivity contribution in [3.05, 3.63) is 58.1 Å². The van der Waals surface area contributed by atoms with E-state index in [9.17, 15) is 0 Å². The summed E-state index contributed by atoms with van der Waals surface area (Å²) in [4.78, 5) is 0. The first-order chi connectivity index (χ1) is 10.4. The Morgan fingerprint density at radius 3 is 2.36 bits per heavy atom. The van der Waals surface area contributed by atoms with Crippen LogP contribution in [-0.2, 0) is 12.8 Å². The SMILES string of the molecule is CCCc1cc(Cc2cc(C)ccc2N)cc(C(C)C)c1N. The highest BCUT2D eigenvalue weighted by Crippen LogP contribution is 2.29. The zero-order valence-electron chi connectivity index (χ0n) is 14.2. The maximum absolute atomic E-state index is 6.36. The van der Waals surface area contributed by atoms with Crippen LogP contribution in [0.1, 0.15) is 60.9 Å². The van der Waals surface area contributed by atoms with Gasteiger partial charge in [-0.1, -0.05) is 57.0 Å². The third kappa shape index (κ3) is 3.62. The molecule has 2 nitrogen and oxygen atoms in total. The van der Waals surface area contributed by atoms with Crippen molar-refractivity contribution in [1.29, 1.82) is 0 Å². The monoisotopic (exact) mass is 296 g/mol. The maximum atomic E-state index is 6.36. The number of nitrogens with two attached hydrogens (primary N) is 2. The number of anilines is 2. The van der Waals surface area contributed by atoms with Crippen LogP contribution in [0, 0.1) is 6.92 Å². The molecule has 0 aromatic heterocycles. The average molecular weight is 296 g/mol. The molecule has 2 heteroatoms. The smallest absolute Gasteiger partial charge is 0.0381 e. The molecule has 0 aliphatic rings. The molecule has 0 saturated carbocycles. The van der Waals surface area contributed by atoms with Gasteiger partial charge in [0.25, 0.3) is 0 Å². The molecule has 0 unspecified atom stereocenters. The van der Waals surface area contributed by atoms with Crippen LogP contribution in [-0.4, -0.2) is 0 Å². The van der Waals surface area contributed by atoms with E-state index in [1.54, 1.807) is 0 Å². The summed E-state index contributed by atoms with van der Waals surface area (Å²) in [5.74, 6) is 0.436. The summed E-state index contributed by atoms with van der Waals surface area (Å²) in [6, 6.07) is 10.7. The highest BCUT2D eigenvalue weighted by atomic mass is 14.6. The first-order valence-electron chi connectivity index (χ1n) is 8.18. The summed E-state index contributed by atoms with van der Waals surface area (Å²) in [6.07, 6.45) is 3.00. The van der Waals surface area contributed by atoms with Gasteiger partial charge in [0.1, 0.15) is 0 Å². The van der Waals surface area contributed by atoms with Crippen LogP contribution < -0.4 is 11.5 Å². The Kier molecular flexibility index (Phi) is 5.12. The number of hydrogen-bond donors (Lipinski definition) is 2. The van der Waals surface area contributed by atoms with Crippen LogP contribution in [0.15, 0.2) is 30.3 Å². The van der Waals surface area contributed by atoms with Gasteiger partial charge in [0, 0.05) is 11.4 Å². The van der Waals surface area contributed by atoms with Crippen molar-refractivity contribution >= 4 is 11.4 Å². The summed E-state index contributed by atoms with van der Waals surface area (Å²) in [5.41, 5.74) is 20.6. The van der Waals surface area contributed by atoms with Crippen molar-refractivity contribution in [3.8, 4) is 0 Å². The van der Waals surface area contributed by atoms with Crippen molar-refractivity contribution in [3.63, 3.8) is 0 Å². The first-order valence-corrected chi connectivity index (χ1v) is 8.18. The van der Waals surface area contributed by atoms with E-state index in [1.807, 2.05) is 6.07 Å². The fourth-order valence-corrected chi connectivity index (χ4v) is 2.97. The van der Waals surface area contributed by atoms with Crippen LogP contribution in [0.25, 0.3) is 0 Å². The molecular formula is C20H28N2. The molecule has 0 heterocycles. The predicted octanol–water partition coefficient (Wildman–Crippen LogP) is 4.83. The fourth-order valence-electron chi connectivity index (χ4n) is 2.97. The molecule has 0 atom stereocenters. The molecule has 0 aliphatic heterocycles. The summed E-state index contributed by atoms with van der Waals surface area (Å²) in [6.45, 7) is 8.70. The second-order valence-corrected chi connectivity index (χ2v) is 6.54. The Morgan fingerprint density at radius 1 is 1.00 bits per heavy atom. The lowest BCUT2D eigenvalue weighted by Gasteiger charge is -2.17. The molecule has 0 spiro atoms. The van der Waals surface area contributed by atoms with E-state index in [0.29, 0.717) is 5.92 Å². The Bertz CT molecular complexity index is 657. The lowest BCUT2D eigenvalue weighted by Crippen LogP contribution is -2.05. The number of benzene rings is 2. The molecule has 0 saturated heterocycles. The Hall–Kier alpha value is -1.96. The average Bonchev–Trinajstić information content (AvgIpc) is 2.46. The number of hydrogen-bond acceptors (Lipinski definition) is 2. The third-order valence-electron chi connectivity index (χ3n) is 4.19. The topological polar surface area (TPSA) is 52.0 Å². The quantitative estimate of drug-likeness (QED) is 0.777. The van der Waals surface area contributed by atoms with Crippen molar-refractivity contribution in [2.45, 2.75) is 52.9 Å². The van der Waals surface area contributed by atoms with E-state index < -0.39 is 0 Å². The van der Waals surface area contributed by atoms with E-state index >= 15 is 0 Å². The van der Waals surface area contributed by atoms with Gasteiger partial charge in [0.15, 0.2) is 0 Å². The second-order valence-electron chi connectivity index (χ2n) is 6.54. The fraction of sp³-hybridized carbons (Fsp3) is 0.400. The van der Waals surface area contributed by atoms with E-state index in [4.69, 9.17) is 11.5 Å². The maximum Gasteiger partial charge on any atom is 0.0381 e. The number of aryl methyl sites for hydroxylation is 2. The zero-order valence-corrected chi connectivity index (χ0v) is 14.2. The van der Waals surface area contributed by atoms with Crippen molar-refractivity contribution in [1.82, 2.24) is 0 Å². The van der Waals surface area contributed by atoms with Gasteiger partial charge in [-0.2, -0.15) is 0 Å². The van der Waals surface area contributed by atoms with Gasteiger partial charge in [-0.3, -0.25) is 0 Å². The molecule has 0 bridgehead atoms. The Balaban J connectivity index is 2.44. The van der Waals surface area contributed by atoms with Gasteiger partial charge < -0.3 is 11.5 Å². The minimum absolute atomic E-state index is 0.436. The summed E-state index contributed by atoms with van der Waals surface area (Å²) in [7, 11) is 0. The summed E-state index contributed by atoms with van der Waals surface area (Å²) >= 11 is 0. The van der Waals surface area contributed by atoms with Gasteiger partial charge in [0.05, 0.1) is 0 Å². The normalized spacial score (nSPS) is 11.1. The van der Waals surface area contributed by atoms with Crippen molar-refractivity contribution in [2.75, 3.05) is 11.5 Å². The van der Waals surface area contributed by atoms with Crippen molar-refractivity contribution in [2.24, 2.45) is 0 Å². The molecule has 0 radical (unpaired) electrons. The van der Waals surface area contributed by atoms with Crippen LogP contribution >= 0.6 is 0 Å². The van der Waals surface area contributed by atoms with Gasteiger partial charge in [-0.15, -0.1) is 0 Å². The Morgan fingerprint density at radius 2 is 1.73 bits per heavy atom. The van der Waals surface area contributed by atoms with Crippen LogP contribution in [0.5, 0.6) is 0 Å². The summed E-state index contributed by atoms with van der Waals surface area (Å²) < 4.78 is 0. The largest absolute Gasteiger partial charge is 0.398 e. The Labute approximate surface area is 134 Å². The van der Waals surface area contributed by atoms with E-state index in [1.165, 1.54) is 27.8 Å². The van der Waals surface area contributed by atoms with Gasteiger partial charge in [0.2, 0.25) is 0 Å². The molecule has 0 fully saturated rings. The molecule has 2 aromatic carbocycles. The first kappa shape index (κ1) is 16.4. The molecule has 2 aromatic rings. The number of nitrogen functional groups attached to an aromatic ring is 2. The van der Waals surface area contributed by atoms with E-state index in [0.717, 1.165) is 30.6 Å². The van der Waals surface area contributed by atoms with Gasteiger partial charge in [-0.25, -0.2) is 0 Å². The van der Waals surface area contributed by atoms with E-state index in [2.05, 4.69) is 52.0 Å². The minimum atomic E-state index is 0.436.